The molecule has 0 saturated heterocycles. The van der Waals surface area contributed by atoms with Crippen molar-refractivity contribution in [1.29, 1.82) is 0 Å². The van der Waals surface area contributed by atoms with Crippen LogP contribution in [-0.4, -0.2) is 24.6 Å². The van der Waals surface area contributed by atoms with Gasteiger partial charge in [0, 0.05) is 11.8 Å². The Kier molecular flexibility index (Phi) is 7.20. The molecular formula is C8H17NS. The molecule has 0 aromatic carbocycles. The molecule has 2 heteroatoms. The number of thioether (sulfide) groups is 1. The van der Waals surface area contributed by atoms with Crippen LogP contribution in [0.4, 0.5) is 0 Å². The summed E-state index contributed by atoms with van der Waals surface area (Å²) in [4.78, 5) is 0. The highest BCUT2D eigenvalue weighted by Gasteiger charge is 2.00. The van der Waals surface area contributed by atoms with E-state index in [2.05, 4.69) is 18.8 Å². The summed E-state index contributed by atoms with van der Waals surface area (Å²) >= 11 is 1.97. The second-order valence-corrected chi connectivity index (χ2v) is 3.49. The van der Waals surface area contributed by atoms with Crippen LogP contribution in [0.2, 0.25) is 0 Å². The van der Waals surface area contributed by atoms with Gasteiger partial charge in [0.2, 0.25) is 0 Å². The molecule has 0 aliphatic carbocycles. The molecule has 0 aliphatic rings. The maximum absolute atomic E-state index is 3.71. The normalized spacial score (nSPS) is 13.0. The molecule has 0 spiro atoms. The van der Waals surface area contributed by atoms with Crippen LogP contribution in [0.5, 0.6) is 0 Å². The minimum absolute atomic E-state index is 0.613. The van der Waals surface area contributed by atoms with Crippen LogP contribution in [0.25, 0.3) is 0 Å². The van der Waals surface area contributed by atoms with E-state index in [9.17, 15) is 0 Å². The van der Waals surface area contributed by atoms with Gasteiger partial charge >= 0.3 is 0 Å². The summed E-state index contributed by atoms with van der Waals surface area (Å²) in [6.45, 7) is 5.89. The molecule has 0 rings (SSSR count). The molecule has 0 aromatic rings. The molecule has 0 aliphatic heterocycles. The van der Waals surface area contributed by atoms with E-state index >= 15 is 0 Å². The van der Waals surface area contributed by atoms with Gasteiger partial charge in [0.25, 0.3) is 0 Å². The second kappa shape index (κ2) is 7.16. The van der Waals surface area contributed by atoms with E-state index in [4.69, 9.17) is 0 Å². The predicted octanol–water partition coefficient (Wildman–Crippen LogP) is 1.90. The molecule has 0 fully saturated rings. The highest BCUT2D eigenvalue weighted by Crippen LogP contribution is 2.04. The minimum Gasteiger partial charge on any atom is -0.316 e. The van der Waals surface area contributed by atoms with E-state index in [0.29, 0.717) is 6.04 Å². The topological polar surface area (TPSA) is 12.0 Å². The lowest BCUT2D eigenvalue weighted by Gasteiger charge is -2.11. The predicted molar refractivity (Wildman–Crippen MR) is 50.7 cm³/mol. The number of hydrogen-bond acceptors (Lipinski definition) is 2. The summed E-state index contributed by atoms with van der Waals surface area (Å²) < 4.78 is 0. The maximum atomic E-state index is 3.71. The van der Waals surface area contributed by atoms with Crippen LogP contribution in [0.1, 0.15) is 13.3 Å². The average molecular weight is 159 g/mol. The lowest BCUT2D eigenvalue weighted by atomic mass is 10.2. The summed E-state index contributed by atoms with van der Waals surface area (Å²) in [6, 6.07) is 0.613. The third-order valence-electron chi connectivity index (χ3n) is 1.38. The van der Waals surface area contributed by atoms with Gasteiger partial charge in [-0.25, -0.2) is 0 Å². The van der Waals surface area contributed by atoms with Crippen molar-refractivity contribution in [1.82, 2.24) is 5.32 Å². The van der Waals surface area contributed by atoms with Gasteiger partial charge in [-0.2, -0.15) is 11.8 Å². The molecule has 0 radical (unpaired) electrons. The molecular weight excluding hydrogens is 142 g/mol. The Labute approximate surface area is 68.3 Å². The van der Waals surface area contributed by atoms with Crippen molar-refractivity contribution in [3.8, 4) is 0 Å². The van der Waals surface area contributed by atoms with Gasteiger partial charge in [0.15, 0.2) is 0 Å². The zero-order valence-electron chi connectivity index (χ0n) is 6.89. The third-order valence-corrected chi connectivity index (χ3v) is 2.43. The molecule has 1 N–H and O–H groups in total. The number of rotatable bonds is 6. The fourth-order valence-corrected chi connectivity index (χ4v) is 1.55. The first-order valence-electron chi connectivity index (χ1n) is 3.71. The van der Waals surface area contributed by atoms with Crippen molar-refractivity contribution in [3.63, 3.8) is 0 Å². The Bertz CT molecular complexity index is 83.3. The van der Waals surface area contributed by atoms with Crippen molar-refractivity contribution < 1.29 is 0 Å². The average Bonchev–Trinajstić information content (AvgIpc) is 1.98. The van der Waals surface area contributed by atoms with Crippen LogP contribution in [-0.2, 0) is 0 Å². The monoisotopic (exact) mass is 159 g/mol. The molecule has 1 nitrogen and oxygen atoms in total. The SMILES string of the molecule is C=CCC(CSCC)NC. The molecule has 0 saturated carbocycles. The lowest BCUT2D eigenvalue weighted by molar-refractivity contribution is 0.629. The molecule has 1 atom stereocenters. The molecule has 10 heavy (non-hydrogen) atoms. The molecule has 0 amide bonds. The first-order valence-corrected chi connectivity index (χ1v) is 4.86. The summed E-state index contributed by atoms with van der Waals surface area (Å²) in [5.41, 5.74) is 0. The van der Waals surface area contributed by atoms with Gasteiger partial charge in [-0.05, 0) is 19.2 Å². The van der Waals surface area contributed by atoms with E-state index in [-0.39, 0.29) is 0 Å². The van der Waals surface area contributed by atoms with E-state index in [1.165, 1.54) is 11.5 Å². The van der Waals surface area contributed by atoms with Gasteiger partial charge in [0.1, 0.15) is 0 Å². The molecule has 0 bridgehead atoms. The molecule has 0 aromatic heterocycles. The Morgan fingerprint density at radius 2 is 2.40 bits per heavy atom. The van der Waals surface area contributed by atoms with Crippen LogP contribution in [0.3, 0.4) is 0 Å². The highest BCUT2D eigenvalue weighted by atomic mass is 32.2. The summed E-state index contributed by atoms with van der Waals surface area (Å²) in [5.74, 6) is 2.40. The lowest BCUT2D eigenvalue weighted by Crippen LogP contribution is -2.26. The number of hydrogen-bond donors (Lipinski definition) is 1. The quantitative estimate of drug-likeness (QED) is 0.594. The van der Waals surface area contributed by atoms with E-state index < -0.39 is 0 Å². The van der Waals surface area contributed by atoms with E-state index in [1.807, 2.05) is 24.9 Å². The summed E-state index contributed by atoms with van der Waals surface area (Å²) in [6.07, 6.45) is 3.04. The Hall–Kier alpha value is 0.0500. The highest BCUT2D eigenvalue weighted by molar-refractivity contribution is 7.99. The van der Waals surface area contributed by atoms with Crippen LogP contribution >= 0.6 is 11.8 Å². The van der Waals surface area contributed by atoms with Crippen LogP contribution < -0.4 is 5.32 Å². The first kappa shape index (κ1) is 10.0. The zero-order valence-corrected chi connectivity index (χ0v) is 7.71. The Balaban J connectivity index is 3.29. The standard InChI is InChI=1S/C8H17NS/c1-4-6-8(9-3)7-10-5-2/h4,8-9H,1,5-7H2,2-3H3. The summed E-state index contributed by atoms with van der Waals surface area (Å²) in [5, 5.41) is 3.25. The van der Waals surface area contributed by atoms with Gasteiger partial charge in [-0.3, -0.25) is 0 Å². The molecule has 0 heterocycles. The largest absolute Gasteiger partial charge is 0.316 e. The van der Waals surface area contributed by atoms with E-state index in [0.717, 1.165) is 6.42 Å². The Morgan fingerprint density at radius 1 is 1.70 bits per heavy atom. The minimum atomic E-state index is 0.613. The van der Waals surface area contributed by atoms with Crippen molar-refractivity contribution >= 4 is 11.8 Å². The van der Waals surface area contributed by atoms with Gasteiger partial charge in [0.05, 0.1) is 0 Å². The van der Waals surface area contributed by atoms with Gasteiger partial charge in [-0.1, -0.05) is 13.0 Å². The maximum Gasteiger partial charge on any atom is 0.0189 e. The molecule has 60 valence electrons. The number of nitrogens with one attached hydrogen (secondary N) is 1. The van der Waals surface area contributed by atoms with Gasteiger partial charge < -0.3 is 5.32 Å². The van der Waals surface area contributed by atoms with Crippen molar-refractivity contribution in [2.24, 2.45) is 0 Å². The second-order valence-electron chi connectivity index (χ2n) is 2.17. The fourth-order valence-electron chi connectivity index (χ4n) is 0.731. The summed E-state index contributed by atoms with van der Waals surface area (Å²) in [7, 11) is 2.00. The third kappa shape index (κ3) is 4.89. The fraction of sp³-hybridized carbons (Fsp3) is 0.750. The molecule has 1 unspecified atom stereocenters. The van der Waals surface area contributed by atoms with Crippen LogP contribution in [0.15, 0.2) is 12.7 Å². The van der Waals surface area contributed by atoms with E-state index in [1.54, 1.807) is 0 Å². The van der Waals surface area contributed by atoms with Crippen molar-refractivity contribution in [3.05, 3.63) is 12.7 Å². The van der Waals surface area contributed by atoms with Crippen molar-refractivity contribution in [2.75, 3.05) is 18.6 Å². The van der Waals surface area contributed by atoms with Crippen molar-refractivity contribution in [2.45, 2.75) is 19.4 Å². The van der Waals surface area contributed by atoms with Crippen LogP contribution in [0, 0.1) is 0 Å². The zero-order chi connectivity index (χ0) is 7.82. The smallest absolute Gasteiger partial charge is 0.0189 e. The first-order chi connectivity index (χ1) is 4.85. The Morgan fingerprint density at radius 3 is 2.80 bits per heavy atom. The van der Waals surface area contributed by atoms with Gasteiger partial charge in [-0.15, -0.1) is 6.58 Å².